The summed E-state index contributed by atoms with van der Waals surface area (Å²) in [6.45, 7) is 12.1. The SMILES string of the molecule is CC(C)(C)[Si](C)(C)OCCOc1ccc(-c2ccc(Cl)cc2)c(C=O)c1. The smallest absolute Gasteiger partial charge is 0.192 e. The lowest BCUT2D eigenvalue weighted by Gasteiger charge is -2.36. The quantitative estimate of drug-likeness (QED) is 0.320. The minimum absolute atomic E-state index is 0.178. The van der Waals surface area contributed by atoms with Crippen LogP contribution < -0.4 is 4.74 Å². The van der Waals surface area contributed by atoms with Crippen LogP contribution >= 0.6 is 11.6 Å². The summed E-state index contributed by atoms with van der Waals surface area (Å²) < 4.78 is 11.9. The fourth-order valence-corrected chi connectivity index (χ4v) is 3.45. The second kappa shape index (κ2) is 8.38. The summed E-state index contributed by atoms with van der Waals surface area (Å²) in [5.74, 6) is 0.670. The molecule has 0 spiro atoms. The van der Waals surface area contributed by atoms with Gasteiger partial charge < -0.3 is 9.16 Å². The molecule has 26 heavy (non-hydrogen) atoms. The zero-order valence-corrected chi connectivity index (χ0v) is 17.9. The van der Waals surface area contributed by atoms with Crippen LogP contribution in [-0.2, 0) is 4.43 Å². The Kier molecular flexibility index (Phi) is 6.67. The summed E-state index contributed by atoms with van der Waals surface area (Å²) in [5, 5.41) is 0.848. The number of ether oxygens (including phenoxy) is 1. The van der Waals surface area contributed by atoms with Crippen LogP contribution in [-0.4, -0.2) is 27.8 Å². The van der Waals surface area contributed by atoms with Crippen LogP contribution in [0.4, 0.5) is 0 Å². The van der Waals surface area contributed by atoms with E-state index in [1.807, 2.05) is 36.4 Å². The molecule has 140 valence electrons. The van der Waals surface area contributed by atoms with E-state index in [-0.39, 0.29) is 5.04 Å². The molecule has 3 nitrogen and oxygen atoms in total. The van der Waals surface area contributed by atoms with Gasteiger partial charge in [0.1, 0.15) is 12.4 Å². The molecule has 0 radical (unpaired) electrons. The van der Waals surface area contributed by atoms with Gasteiger partial charge in [-0.25, -0.2) is 0 Å². The summed E-state index contributed by atoms with van der Waals surface area (Å²) in [6.07, 6.45) is 0.850. The van der Waals surface area contributed by atoms with E-state index < -0.39 is 8.32 Å². The monoisotopic (exact) mass is 390 g/mol. The average Bonchev–Trinajstić information content (AvgIpc) is 2.58. The lowest BCUT2D eigenvalue weighted by molar-refractivity contribution is 0.112. The van der Waals surface area contributed by atoms with Crippen molar-refractivity contribution in [2.24, 2.45) is 0 Å². The minimum Gasteiger partial charge on any atom is -0.491 e. The minimum atomic E-state index is -1.77. The zero-order chi connectivity index (χ0) is 19.4. The van der Waals surface area contributed by atoms with Crippen molar-refractivity contribution in [1.82, 2.24) is 0 Å². The number of rotatable bonds is 7. The number of hydrogen-bond acceptors (Lipinski definition) is 3. The first-order valence-corrected chi connectivity index (χ1v) is 12.0. The van der Waals surface area contributed by atoms with Crippen molar-refractivity contribution in [3.63, 3.8) is 0 Å². The first-order valence-electron chi connectivity index (χ1n) is 8.76. The standard InChI is InChI=1S/C21H27ClO3Si/c1-21(2,3)26(4,5)25-13-12-24-19-10-11-20(17(14-19)15-23)16-6-8-18(22)9-7-16/h6-11,14-15H,12-13H2,1-5H3. The molecule has 0 aromatic heterocycles. The van der Waals surface area contributed by atoms with Crippen molar-refractivity contribution in [1.29, 1.82) is 0 Å². The van der Waals surface area contributed by atoms with Gasteiger partial charge >= 0.3 is 0 Å². The van der Waals surface area contributed by atoms with Crippen LogP contribution in [0.3, 0.4) is 0 Å². The predicted octanol–water partition coefficient (Wildman–Crippen LogP) is 6.22. The summed E-state index contributed by atoms with van der Waals surface area (Å²) in [4.78, 5) is 11.5. The molecule has 0 unspecified atom stereocenters. The normalized spacial score (nSPS) is 12.1. The van der Waals surface area contributed by atoms with Crippen LogP contribution in [0, 0.1) is 0 Å². The van der Waals surface area contributed by atoms with E-state index in [0.29, 0.717) is 29.5 Å². The fourth-order valence-electron chi connectivity index (χ4n) is 2.29. The Hall–Kier alpha value is -1.62. The van der Waals surface area contributed by atoms with Crippen molar-refractivity contribution in [3.8, 4) is 16.9 Å². The van der Waals surface area contributed by atoms with Crippen LogP contribution in [0.25, 0.3) is 11.1 Å². The maximum atomic E-state index is 11.5. The van der Waals surface area contributed by atoms with Crippen molar-refractivity contribution >= 4 is 26.2 Å². The Morgan fingerprint density at radius 1 is 1.04 bits per heavy atom. The Labute approximate surface area is 162 Å². The number of aldehydes is 1. The first kappa shape index (κ1) is 20.7. The molecular weight excluding hydrogens is 364 g/mol. The molecule has 0 aliphatic carbocycles. The Bertz CT molecular complexity index is 749. The average molecular weight is 391 g/mol. The molecular formula is C21H27ClO3Si. The molecule has 0 amide bonds. The summed E-state index contributed by atoms with van der Waals surface area (Å²) >= 11 is 5.93. The highest BCUT2D eigenvalue weighted by atomic mass is 35.5. The third kappa shape index (κ3) is 5.19. The lowest BCUT2D eigenvalue weighted by atomic mass is 10.0. The molecule has 0 N–H and O–H groups in total. The Balaban J connectivity index is 2.01. The largest absolute Gasteiger partial charge is 0.491 e. The van der Waals surface area contributed by atoms with Gasteiger partial charge in [-0.05, 0) is 59.6 Å². The highest BCUT2D eigenvalue weighted by Gasteiger charge is 2.36. The maximum absolute atomic E-state index is 11.5. The van der Waals surface area contributed by atoms with E-state index in [1.54, 1.807) is 6.07 Å². The lowest BCUT2D eigenvalue weighted by Crippen LogP contribution is -2.41. The molecule has 2 aromatic rings. The molecule has 0 fully saturated rings. The van der Waals surface area contributed by atoms with Crippen molar-refractivity contribution < 1.29 is 14.0 Å². The van der Waals surface area contributed by atoms with Gasteiger partial charge in [0.2, 0.25) is 0 Å². The predicted molar refractivity (Wildman–Crippen MR) is 111 cm³/mol. The first-order chi connectivity index (χ1) is 12.1. The van der Waals surface area contributed by atoms with Crippen molar-refractivity contribution in [2.75, 3.05) is 13.2 Å². The molecule has 0 atom stereocenters. The molecule has 0 heterocycles. The number of halogens is 1. The highest BCUT2D eigenvalue weighted by molar-refractivity contribution is 6.74. The van der Waals surface area contributed by atoms with Gasteiger partial charge in [0.05, 0.1) is 6.61 Å². The number of benzene rings is 2. The molecule has 2 rings (SSSR count). The molecule has 0 saturated heterocycles. The van der Waals surface area contributed by atoms with Gasteiger partial charge in [-0.15, -0.1) is 0 Å². The molecule has 2 aromatic carbocycles. The van der Waals surface area contributed by atoms with Crippen molar-refractivity contribution in [2.45, 2.75) is 38.9 Å². The van der Waals surface area contributed by atoms with Gasteiger partial charge in [-0.3, -0.25) is 4.79 Å². The van der Waals surface area contributed by atoms with E-state index in [1.165, 1.54) is 0 Å². The maximum Gasteiger partial charge on any atom is 0.192 e. The van der Waals surface area contributed by atoms with Crippen LogP contribution in [0.2, 0.25) is 23.2 Å². The van der Waals surface area contributed by atoms with Gasteiger partial charge in [0.25, 0.3) is 0 Å². The second-order valence-electron chi connectivity index (χ2n) is 7.83. The molecule has 0 aliphatic rings. The van der Waals surface area contributed by atoms with Gasteiger partial charge in [-0.2, -0.15) is 0 Å². The third-order valence-corrected chi connectivity index (χ3v) is 9.72. The highest BCUT2D eigenvalue weighted by Crippen LogP contribution is 2.36. The number of carbonyl (C=O) groups is 1. The second-order valence-corrected chi connectivity index (χ2v) is 13.1. The van der Waals surface area contributed by atoms with E-state index in [2.05, 4.69) is 33.9 Å². The van der Waals surface area contributed by atoms with Gasteiger partial charge in [0.15, 0.2) is 14.6 Å². The summed E-state index contributed by atoms with van der Waals surface area (Å²) in [7, 11) is -1.77. The van der Waals surface area contributed by atoms with E-state index in [0.717, 1.165) is 17.4 Å². The zero-order valence-electron chi connectivity index (χ0n) is 16.1. The number of hydrogen-bond donors (Lipinski definition) is 0. The fraction of sp³-hybridized carbons (Fsp3) is 0.381. The summed E-state index contributed by atoms with van der Waals surface area (Å²) in [6, 6.07) is 13.0. The Morgan fingerprint density at radius 2 is 1.69 bits per heavy atom. The van der Waals surface area contributed by atoms with E-state index in [9.17, 15) is 4.79 Å². The molecule has 5 heteroatoms. The van der Waals surface area contributed by atoms with E-state index in [4.69, 9.17) is 20.8 Å². The molecule has 0 aliphatic heterocycles. The van der Waals surface area contributed by atoms with Crippen molar-refractivity contribution in [3.05, 3.63) is 53.1 Å². The topological polar surface area (TPSA) is 35.5 Å². The molecule has 0 bridgehead atoms. The third-order valence-electron chi connectivity index (χ3n) is 4.93. The molecule has 0 saturated carbocycles. The van der Waals surface area contributed by atoms with Crippen LogP contribution in [0.5, 0.6) is 5.75 Å². The van der Waals surface area contributed by atoms with Crippen LogP contribution in [0.15, 0.2) is 42.5 Å². The van der Waals surface area contributed by atoms with E-state index >= 15 is 0 Å². The summed E-state index contributed by atoms with van der Waals surface area (Å²) in [5.41, 5.74) is 2.40. The number of carbonyl (C=O) groups excluding carboxylic acids is 1. The van der Waals surface area contributed by atoms with Gasteiger partial charge in [-0.1, -0.05) is 44.5 Å². The Morgan fingerprint density at radius 3 is 2.27 bits per heavy atom. The van der Waals surface area contributed by atoms with Crippen LogP contribution in [0.1, 0.15) is 31.1 Å². The van der Waals surface area contributed by atoms with Gasteiger partial charge in [0, 0.05) is 10.6 Å².